The molecule has 6 heteroatoms. The van der Waals surface area contributed by atoms with Crippen LogP contribution in [0.25, 0.3) is 5.76 Å². The van der Waals surface area contributed by atoms with Crippen molar-refractivity contribution >= 4 is 11.7 Å². The maximum atomic E-state index is 12.9. The van der Waals surface area contributed by atoms with Crippen LogP contribution in [0.1, 0.15) is 24.0 Å². The van der Waals surface area contributed by atoms with E-state index in [4.69, 9.17) is 19.9 Å². The smallest absolute Gasteiger partial charge is 0.338 e. The molecule has 0 fully saturated rings. The molecule has 1 heterocycles. The van der Waals surface area contributed by atoms with E-state index in [1.54, 1.807) is 38.3 Å². The van der Waals surface area contributed by atoms with Gasteiger partial charge in [0.05, 0.1) is 25.2 Å². The lowest BCUT2D eigenvalue weighted by Crippen LogP contribution is -2.25. The van der Waals surface area contributed by atoms with Crippen LogP contribution in [0.5, 0.6) is 5.75 Å². The minimum absolute atomic E-state index is 0.0322. The topological polar surface area (TPSA) is 94.6 Å². The van der Waals surface area contributed by atoms with Crippen LogP contribution >= 0.6 is 0 Å². The lowest BCUT2D eigenvalue weighted by atomic mass is 9.82. The third kappa shape index (κ3) is 3.55. The van der Waals surface area contributed by atoms with Crippen LogP contribution in [-0.4, -0.2) is 19.7 Å². The van der Waals surface area contributed by atoms with Crippen molar-refractivity contribution in [3.8, 4) is 11.8 Å². The summed E-state index contributed by atoms with van der Waals surface area (Å²) >= 11 is 0. The first-order valence-corrected chi connectivity index (χ1v) is 8.79. The highest BCUT2D eigenvalue weighted by Gasteiger charge is 2.38. The number of hydrogen-bond acceptors (Lipinski definition) is 6. The molecular formula is C22H20N2O4. The Hall–Kier alpha value is -3.72. The van der Waals surface area contributed by atoms with Gasteiger partial charge in [0.25, 0.3) is 0 Å². The number of methoxy groups -OCH3 is 1. The third-order valence-corrected chi connectivity index (χ3v) is 4.40. The van der Waals surface area contributed by atoms with Crippen molar-refractivity contribution in [2.75, 3.05) is 13.7 Å². The predicted molar refractivity (Wildman–Crippen MR) is 104 cm³/mol. The summed E-state index contributed by atoms with van der Waals surface area (Å²) in [6, 6.07) is 18.3. The number of carbonyl (C=O) groups excluding carboxylic acids is 1. The van der Waals surface area contributed by atoms with Crippen molar-refractivity contribution in [1.29, 1.82) is 5.26 Å². The van der Waals surface area contributed by atoms with Gasteiger partial charge in [0.2, 0.25) is 5.88 Å². The predicted octanol–water partition coefficient (Wildman–Crippen LogP) is 3.48. The molecule has 28 heavy (non-hydrogen) atoms. The van der Waals surface area contributed by atoms with Crippen molar-refractivity contribution in [3.63, 3.8) is 0 Å². The van der Waals surface area contributed by atoms with Gasteiger partial charge in [0.1, 0.15) is 23.2 Å². The number of hydrogen-bond donors (Lipinski definition) is 1. The third-order valence-electron chi connectivity index (χ3n) is 4.40. The Bertz CT molecular complexity index is 970. The number of ether oxygens (including phenoxy) is 3. The van der Waals surface area contributed by atoms with Crippen LogP contribution in [-0.2, 0) is 14.3 Å². The van der Waals surface area contributed by atoms with Gasteiger partial charge in [-0.15, -0.1) is 0 Å². The monoisotopic (exact) mass is 376 g/mol. The lowest BCUT2D eigenvalue weighted by Gasteiger charge is -2.28. The second-order valence-corrected chi connectivity index (χ2v) is 6.03. The number of nitrogens with two attached hydrogens (primary N) is 1. The largest absolute Gasteiger partial charge is 0.497 e. The highest BCUT2D eigenvalue weighted by Crippen LogP contribution is 2.43. The van der Waals surface area contributed by atoms with Gasteiger partial charge >= 0.3 is 5.97 Å². The molecule has 0 aliphatic carbocycles. The molecule has 0 unspecified atom stereocenters. The maximum Gasteiger partial charge on any atom is 0.338 e. The summed E-state index contributed by atoms with van der Waals surface area (Å²) in [5.41, 5.74) is 7.84. The van der Waals surface area contributed by atoms with Crippen molar-refractivity contribution in [2.24, 2.45) is 5.73 Å². The van der Waals surface area contributed by atoms with Gasteiger partial charge in [-0.2, -0.15) is 5.26 Å². The molecule has 0 amide bonds. The van der Waals surface area contributed by atoms with Gasteiger partial charge < -0.3 is 19.9 Å². The number of nitriles is 1. The zero-order valence-electron chi connectivity index (χ0n) is 15.6. The Morgan fingerprint density at radius 1 is 1.18 bits per heavy atom. The molecule has 1 atom stereocenters. The number of esters is 1. The maximum absolute atomic E-state index is 12.9. The summed E-state index contributed by atoms with van der Waals surface area (Å²) < 4.78 is 16.2. The highest BCUT2D eigenvalue weighted by atomic mass is 16.5. The Morgan fingerprint density at radius 2 is 1.86 bits per heavy atom. The molecule has 0 saturated carbocycles. The standard InChI is InChI=1S/C22H20N2O4/c1-3-27-22(25)19-18(14-9-11-16(26-2)12-10-14)17(13-23)21(24)28-20(19)15-7-5-4-6-8-15/h4-12,18H,3,24H2,1-2H3/t18-/m0/s1. The molecule has 0 saturated heterocycles. The van der Waals surface area contributed by atoms with E-state index in [0.717, 1.165) is 0 Å². The van der Waals surface area contributed by atoms with Crippen molar-refractivity contribution < 1.29 is 19.0 Å². The second kappa shape index (κ2) is 8.31. The first-order chi connectivity index (χ1) is 13.6. The molecular weight excluding hydrogens is 356 g/mol. The SMILES string of the molecule is CCOC(=O)C1=C(c2ccccc2)OC(N)=C(C#N)[C@@H]1c1ccc(OC)cc1. The molecule has 0 aromatic heterocycles. The van der Waals surface area contributed by atoms with Gasteiger partial charge in [-0.25, -0.2) is 4.79 Å². The Balaban J connectivity index is 2.24. The fourth-order valence-electron chi connectivity index (χ4n) is 3.11. The van der Waals surface area contributed by atoms with E-state index in [0.29, 0.717) is 16.9 Å². The summed E-state index contributed by atoms with van der Waals surface area (Å²) in [5.74, 6) is -0.343. The average Bonchev–Trinajstić information content (AvgIpc) is 2.73. The van der Waals surface area contributed by atoms with Crippen LogP contribution in [0.3, 0.4) is 0 Å². The van der Waals surface area contributed by atoms with Gasteiger partial charge in [0, 0.05) is 5.56 Å². The first kappa shape index (κ1) is 19.1. The van der Waals surface area contributed by atoms with Gasteiger partial charge in [-0.05, 0) is 24.6 Å². The molecule has 0 bridgehead atoms. The van der Waals surface area contributed by atoms with E-state index in [2.05, 4.69) is 6.07 Å². The number of carbonyl (C=O) groups is 1. The van der Waals surface area contributed by atoms with E-state index >= 15 is 0 Å². The number of allylic oxidation sites excluding steroid dienone is 1. The molecule has 142 valence electrons. The number of benzene rings is 2. The fourth-order valence-corrected chi connectivity index (χ4v) is 3.11. The molecule has 3 rings (SSSR count). The minimum atomic E-state index is -0.709. The van der Waals surface area contributed by atoms with Gasteiger partial charge in [0.15, 0.2) is 0 Å². The van der Waals surface area contributed by atoms with E-state index in [-0.39, 0.29) is 29.4 Å². The summed E-state index contributed by atoms with van der Waals surface area (Å²) in [6.07, 6.45) is 0. The molecule has 1 aliphatic rings. The van der Waals surface area contributed by atoms with Gasteiger partial charge in [-0.1, -0.05) is 42.5 Å². The molecule has 6 nitrogen and oxygen atoms in total. The highest BCUT2D eigenvalue weighted by molar-refractivity contribution is 5.99. The Kier molecular flexibility index (Phi) is 5.66. The summed E-state index contributed by atoms with van der Waals surface area (Å²) in [5, 5.41) is 9.71. The molecule has 2 N–H and O–H groups in total. The van der Waals surface area contributed by atoms with Crippen molar-refractivity contribution in [1.82, 2.24) is 0 Å². The van der Waals surface area contributed by atoms with E-state index < -0.39 is 11.9 Å². The zero-order valence-corrected chi connectivity index (χ0v) is 15.6. The average molecular weight is 376 g/mol. The van der Waals surface area contributed by atoms with Crippen molar-refractivity contribution in [2.45, 2.75) is 12.8 Å². The Labute approximate surface area is 163 Å². The van der Waals surface area contributed by atoms with E-state index in [9.17, 15) is 10.1 Å². The van der Waals surface area contributed by atoms with E-state index in [1.807, 2.05) is 30.3 Å². The lowest BCUT2D eigenvalue weighted by molar-refractivity contribution is -0.138. The van der Waals surface area contributed by atoms with Crippen LogP contribution in [0.4, 0.5) is 0 Å². The molecule has 2 aromatic carbocycles. The van der Waals surface area contributed by atoms with Crippen LogP contribution in [0.15, 0.2) is 71.6 Å². The van der Waals surface area contributed by atoms with Crippen LogP contribution in [0.2, 0.25) is 0 Å². The second-order valence-electron chi connectivity index (χ2n) is 6.03. The Morgan fingerprint density at radius 3 is 2.43 bits per heavy atom. The number of nitrogens with zero attached hydrogens (tertiary/aromatic N) is 1. The molecule has 0 radical (unpaired) electrons. The van der Waals surface area contributed by atoms with Gasteiger partial charge in [-0.3, -0.25) is 0 Å². The fraction of sp³-hybridized carbons (Fsp3) is 0.182. The summed E-state index contributed by atoms with van der Waals surface area (Å²) in [6.45, 7) is 1.92. The van der Waals surface area contributed by atoms with Crippen LogP contribution in [0, 0.1) is 11.3 Å². The number of rotatable bonds is 5. The molecule has 1 aliphatic heterocycles. The zero-order chi connectivity index (χ0) is 20.1. The normalized spacial score (nSPS) is 16.2. The van der Waals surface area contributed by atoms with E-state index in [1.165, 1.54) is 0 Å². The summed E-state index contributed by atoms with van der Waals surface area (Å²) in [7, 11) is 1.57. The quantitative estimate of drug-likeness (QED) is 0.803. The molecule has 0 spiro atoms. The van der Waals surface area contributed by atoms with Crippen LogP contribution < -0.4 is 10.5 Å². The minimum Gasteiger partial charge on any atom is -0.497 e. The first-order valence-electron chi connectivity index (χ1n) is 8.79. The summed E-state index contributed by atoms with van der Waals surface area (Å²) in [4.78, 5) is 12.9. The van der Waals surface area contributed by atoms with Crippen molar-refractivity contribution in [3.05, 3.63) is 82.8 Å². The molecule has 2 aromatic rings.